The number of hydrogen-bond donors (Lipinski definition) is 0. The maximum Gasteiger partial charge on any atom is 0.162 e. The zero-order valence-corrected chi connectivity index (χ0v) is 12.0. The Labute approximate surface area is 122 Å². The van der Waals surface area contributed by atoms with Gasteiger partial charge in [-0.15, -0.1) is 11.8 Å². The molecule has 0 aliphatic carbocycles. The lowest BCUT2D eigenvalue weighted by atomic mass is 10.0. The largest absolute Gasteiger partial charge is 0.337 e. The Hall–Kier alpha value is -2.06. The fourth-order valence-electron chi connectivity index (χ4n) is 1.86. The Balaban J connectivity index is 1.91. The van der Waals surface area contributed by atoms with Crippen LogP contribution in [0.2, 0.25) is 0 Å². The second-order valence-corrected chi connectivity index (χ2v) is 5.50. The van der Waals surface area contributed by atoms with Gasteiger partial charge < -0.3 is 4.57 Å². The fourth-order valence-corrected chi connectivity index (χ4v) is 2.75. The van der Waals surface area contributed by atoms with Crippen LogP contribution in [-0.4, -0.2) is 21.1 Å². The lowest BCUT2D eigenvalue weighted by molar-refractivity contribution is -0.119. The topological polar surface area (TPSA) is 58.7 Å². The molecule has 4 nitrogen and oxygen atoms in total. The molecular formula is C15H15N3OS. The summed E-state index contributed by atoms with van der Waals surface area (Å²) in [6, 6.07) is 12.0. The summed E-state index contributed by atoms with van der Waals surface area (Å²) >= 11 is 1.62. The third-order valence-electron chi connectivity index (χ3n) is 2.93. The van der Waals surface area contributed by atoms with Gasteiger partial charge >= 0.3 is 0 Å². The van der Waals surface area contributed by atoms with E-state index in [0.717, 1.165) is 4.90 Å². The summed E-state index contributed by atoms with van der Waals surface area (Å²) in [4.78, 5) is 17.3. The van der Waals surface area contributed by atoms with Gasteiger partial charge in [-0.1, -0.05) is 18.2 Å². The number of rotatable bonds is 6. The number of nitrogens with zero attached hydrogens (tertiary/aromatic N) is 3. The van der Waals surface area contributed by atoms with E-state index in [4.69, 9.17) is 0 Å². The summed E-state index contributed by atoms with van der Waals surface area (Å²) in [6.45, 7) is 0. The highest BCUT2D eigenvalue weighted by Gasteiger charge is 2.23. The summed E-state index contributed by atoms with van der Waals surface area (Å²) in [5.74, 6) is 0.338. The van der Waals surface area contributed by atoms with Gasteiger partial charge in [-0.05, 0) is 12.1 Å². The number of aryl methyl sites for hydroxylation is 1. The quantitative estimate of drug-likeness (QED) is 0.766. The van der Waals surface area contributed by atoms with Crippen LogP contribution in [-0.2, 0) is 11.8 Å². The van der Waals surface area contributed by atoms with Gasteiger partial charge in [0.05, 0.1) is 6.07 Å². The molecule has 102 valence electrons. The lowest BCUT2D eigenvalue weighted by Crippen LogP contribution is -2.15. The number of nitriles is 1. The summed E-state index contributed by atoms with van der Waals surface area (Å²) in [5, 5.41) is 9.18. The van der Waals surface area contributed by atoms with Crippen LogP contribution in [0.15, 0.2) is 47.6 Å². The van der Waals surface area contributed by atoms with E-state index in [9.17, 15) is 10.1 Å². The van der Waals surface area contributed by atoms with Gasteiger partial charge in [0.15, 0.2) is 11.7 Å². The Morgan fingerprint density at radius 2 is 2.20 bits per heavy atom. The van der Waals surface area contributed by atoms with E-state index in [0.29, 0.717) is 18.0 Å². The molecule has 0 aliphatic rings. The number of carbonyl (C=O) groups is 1. The van der Waals surface area contributed by atoms with Crippen molar-refractivity contribution in [2.75, 3.05) is 5.75 Å². The number of imidazole rings is 1. The second kappa shape index (κ2) is 6.92. The minimum absolute atomic E-state index is 0.0785. The number of aromatic nitrogens is 2. The average molecular weight is 285 g/mol. The van der Waals surface area contributed by atoms with Crippen LogP contribution in [0, 0.1) is 11.3 Å². The molecule has 1 atom stereocenters. The Bertz CT molecular complexity index is 616. The van der Waals surface area contributed by atoms with Crippen molar-refractivity contribution in [3.63, 3.8) is 0 Å². The molecule has 1 heterocycles. The SMILES string of the molecule is Cn1ccnc1C(C#N)C(=O)CCSc1ccccc1. The van der Waals surface area contributed by atoms with Crippen molar-refractivity contribution in [3.8, 4) is 6.07 Å². The first kappa shape index (κ1) is 14.4. The van der Waals surface area contributed by atoms with Crippen molar-refractivity contribution in [1.82, 2.24) is 9.55 Å². The summed E-state index contributed by atoms with van der Waals surface area (Å²) in [6.07, 6.45) is 3.71. The van der Waals surface area contributed by atoms with E-state index in [2.05, 4.69) is 11.1 Å². The molecule has 0 amide bonds. The molecule has 0 spiro atoms. The second-order valence-electron chi connectivity index (χ2n) is 4.34. The van der Waals surface area contributed by atoms with Gasteiger partial charge in [-0.3, -0.25) is 4.79 Å². The third-order valence-corrected chi connectivity index (χ3v) is 3.94. The van der Waals surface area contributed by atoms with Crippen molar-refractivity contribution < 1.29 is 4.79 Å². The predicted molar refractivity (Wildman–Crippen MR) is 78.4 cm³/mol. The van der Waals surface area contributed by atoms with Gasteiger partial charge in [0.2, 0.25) is 0 Å². The van der Waals surface area contributed by atoms with E-state index in [1.807, 2.05) is 30.3 Å². The number of thioether (sulfide) groups is 1. The zero-order chi connectivity index (χ0) is 14.4. The molecule has 2 rings (SSSR count). The number of benzene rings is 1. The first-order valence-electron chi connectivity index (χ1n) is 6.29. The van der Waals surface area contributed by atoms with Gasteiger partial charge in [0.25, 0.3) is 0 Å². The van der Waals surface area contributed by atoms with Crippen LogP contribution in [0.4, 0.5) is 0 Å². The smallest absolute Gasteiger partial charge is 0.162 e. The number of hydrogen-bond acceptors (Lipinski definition) is 4. The lowest BCUT2D eigenvalue weighted by Gasteiger charge is -2.08. The minimum atomic E-state index is -0.772. The van der Waals surface area contributed by atoms with Gasteiger partial charge in [-0.2, -0.15) is 5.26 Å². The molecule has 1 aromatic heterocycles. The Morgan fingerprint density at radius 3 is 2.80 bits per heavy atom. The molecule has 0 saturated carbocycles. The fraction of sp³-hybridized carbons (Fsp3) is 0.267. The molecule has 5 heteroatoms. The summed E-state index contributed by atoms with van der Waals surface area (Å²) < 4.78 is 1.72. The molecule has 2 aromatic rings. The van der Waals surface area contributed by atoms with Crippen molar-refractivity contribution in [3.05, 3.63) is 48.5 Å². The average Bonchev–Trinajstić information content (AvgIpc) is 2.87. The molecule has 0 aliphatic heterocycles. The Morgan fingerprint density at radius 1 is 1.45 bits per heavy atom. The van der Waals surface area contributed by atoms with Crippen LogP contribution < -0.4 is 0 Å². The maximum atomic E-state index is 12.1. The monoisotopic (exact) mass is 285 g/mol. The third kappa shape index (κ3) is 3.49. The van der Waals surface area contributed by atoms with Crippen molar-refractivity contribution >= 4 is 17.5 Å². The van der Waals surface area contributed by atoms with Crippen LogP contribution in [0.5, 0.6) is 0 Å². The Kier molecular flexibility index (Phi) is 4.97. The van der Waals surface area contributed by atoms with E-state index >= 15 is 0 Å². The van der Waals surface area contributed by atoms with Gasteiger partial charge in [0, 0.05) is 36.5 Å². The molecule has 0 radical (unpaired) electrons. The molecule has 0 fully saturated rings. The van der Waals surface area contributed by atoms with E-state index in [-0.39, 0.29) is 5.78 Å². The molecule has 1 unspecified atom stereocenters. The highest BCUT2D eigenvalue weighted by atomic mass is 32.2. The first-order valence-corrected chi connectivity index (χ1v) is 7.28. The number of carbonyl (C=O) groups excluding carboxylic acids is 1. The number of ketones is 1. The molecule has 1 aromatic carbocycles. The first-order chi connectivity index (χ1) is 9.72. The summed E-state index contributed by atoms with van der Waals surface area (Å²) in [7, 11) is 1.79. The molecule has 20 heavy (non-hydrogen) atoms. The van der Waals surface area contributed by atoms with E-state index in [1.165, 1.54) is 0 Å². The molecule has 0 N–H and O–H groups in total. The van der Waals surface area contributed by atoms with Gasteiger partial charge in [-0.25, -0.2) is 4.98 Å². The molecular weight excluding hydrogens is 270 g/mol. The minimum Gasteiger partial charge on any atom is -0.337 e. The maximum absolute atomic E-state index is 12.1. The standard InChI is InChI=1S/C15H15N3OS/c1-18-9-8-17-15(18)13(11-16)14(19)7-10-20-12-5-3-2-4-6-12/h2-6,8-9,13H,7,10H2,1H3. The van der Waals surface area contributed by atoms with Crippen LogP contribution in [0.3, 0.4) is 0 Å². The summed E-state index contributed by atoms with van der Waals surface area (Å²) in [5.41, 5.74) is 0. The van der Waals surface area contributed by atoms with Crippen LogP contribution in [0.25, 0.3) is 0 Å². The van der Waals surface area contributed by atoms with Crippen LogP contribution in [0.1, 0.15) is 18.2 Å². The van der Waals surface area contributed by atoms with Crippen molar-refractivity contribution in [2.24, 2.45) is 7.05 Å². The predicted octanol–water partition coefficient (Wildman–Crippen LogP) is 2.78. The van der Waals surface area contributed by atoms with Crippen LogP contribution >= 0.6 is 11.8 Å². The van der Waals surface area contributed by atoms with Gasteiger partial charge in [0.1, 0.15) is 5.82 Å². The molecule has 0 bridgehead atoms. The highest BCUT2D eigenvalue weighted by Crippen LogP contribution is 2.21. The normalized spacial score (nSPS) is 11.8. The highest BCUT2D eigenvalue weighted by molar-refractivity contribution is 7.99. The number of Topliss-reactive ketones (excluding diaryl/α,β-unsaturated/α-hetero) is 1. The zero-order valence-electron chi connectivity index (χ0n) is 11.2. The van der Waals surface area contributed by atoms with E-state index in [1.54, 1.807) is 35.8 Å². The molecule has 0 saturated heterocycles. The van der Waals surface area contributed by atoms with Crippen molar-refractivity contribution in [1.29, 1.82) is 5.26 Å². The van der Waals surface area contributed by atoms with Crippen molar-refractivity contribution in [2.45, 2.75) is 17.2 Å². The van der Waals surface area contributed by atoms with E-state index < -0.39 is 5.92 Å².